The van der Waals surface area contributed by atoms with Crippen molar-refractivity contribution in [3.63, 3.8) is 0 Å². The standard InChI is InChI=1S/C20H25FN4O2S/c21-16-8-4-5-14(11-16)12-23-19(27)25-20-24-17(13-28-20)9-10-22-18(26)15-6-2-1-3-7-15/h4-5,8,11,13,15H,1-3,6-7,9-10,12H2,(H,22,26)(H2,23,24,25,27). The Kier molecular flexibility index (Phi) is 7.36. The van der Waals surface area contributed by atoms with Crippen LogP contribution in [0.3, 0.4) is 0 Å². The molecule has 0 bridgehead atoms. The fraction of sp³-hybridized carbons (Fsp3) is 0.450. The lowest BCUT2D eigenvalue weighted by Gasteiger charge is -2.20. The summed E-state index contributed by atoms with van der Waals surface area (Å²) in [6.45, 7) is 0.777. The molecule has 3 N–H and O–H groups in total. The van der Waals surface area contributed by atoms with Gasteiger partial charge >= 0.3 is 6.03 Å². The van der Waals surface area contributed by atoms with E-state index in [2.05, 4.69) is 20.9 Å². The summed E-state index contributed by atoms with van der Waals surface area (Å²) in [6.07, 6.45) is 6.11. The maximum atomic E-state index is 13.1. The van der Waals surface area contributed by atoms with E-state index in [-0.39, 0.29) is 24.2 Å². The smallest absolute Gasteiger partial charge is 0.321 e. The zero-order valence-electron chi connectivity index (χ0n) is 15.7. The molecule has 1 fully saturated rings. The molecular formula is C20H25FN4O2S. The summed E-state index contributed by atoms with van der Waals surface area (Å²) in [5.41, 5.74) is 1.51. The highest BCUT2D eigenvalue weighted by Crippen LogP contribution is 2.23. The van der Waals surface area contributed by atoms with Gasteiger partial charge in [-0.2, -0.15) is 0 Å². The number of urea groups is 1. The van der Waals surface area contributed by atoms with Crippen LogP contribution in [0.1, 0.15) is 43.4 Å². The van der Waals surface area contributed by atoms with Gasteiger partial charge in [-0.05, 0) is 30.5 Å². The van der Waals surface area contributed by atoms with Crippen LogP contribution in [0.5, 0.6) is 0 Å². The van der Waals surface area contributed by atoms with Crippen LogP contribution < -0.4 is 16.0 Å². The van der Waals surface area contributed by atoms with E-state index in [0.29, 0.717) is 23.7 Å². The zero-order chi connectivity index (χ0) is 19.8. The van der Waals surface area contributed by atoms with Crippen molar-refractivity contribution in [1.29, 1.82) is 0 Å². The number of rotatable bonds is 7. The lowest BCUT2D eigenvalue weighted by Crippen LogP contribution is -2.33. The third-order valence-electron chi connectivity index (χ3n) is 4.77. The highest BCUT2D eigenvalue weighted by atomic mass is 32.1. The molecule has 0 spiro atoms. The van der Waals surface area contributed by atoms with Gasteiger partial charge in [-0.3, -0.25) is 10.1 Å². The molecule has 2 aromatic rings. The van der Waals surface area contributed by atoms with E-state index in [1.807, 2.05) is 5.38 Å². The first-order chi connectivity index (χ1) is 13.6. The summed E-state index contributed by atoms with van der Waals surface area (Å²) in [7, 11) is 0. The molecule has 6 nitrogen and oxygen atoms in total. The Bertz CT molecular complexity index is 805. The third-order valence-corrected chi connectivity index (χ3v) is 5.58. The number of nitrogens with one attached hydrogen (secondary N) is 3. The molecule has 0 unspecified atom stereocenters. The van der Waals surface area contributed by atoms with Gasteiger partial charge in [0.1, 0.15) is 5.82 Å². The number of amides is 3. The largest absolute Gasteiger partial charge is 0.355 e. The number of hydrogen-bond donors (Lipinski definition) is 3. The number of anilines is 1. The lowest BCUT2D eigenvalue weighted by molar-refractivity contribution is -0.125. The van der Waals surface area contributed by atoms with Crippen LogP contribution >= 0.6 is 11.3 Å². The Morgan fingerprint density at radius 2 is 2.00 bits per heavy atom. The summed E-state index contributed by atoms with van der Waals surface area (Å²) in [4.78, 5) is 28.4. The number of aromatic nitrogens is 1. The van der Waals surface area contributed by atoms with E-state index in [4.69, 9.17) is 0 Å². The van der Waals surface area contributed by atoms with Gasteiger partial charge in [0.2, 0.25) is 5.91 Å². The van der Waals surface area contributed by atoms with Gasteiger partial charge in [0.05, 0.1) is 5.69 Å². The summed E-state index contributed by atoms with van der Waals surface area (Å²) in [6, 6.07) is 5.69. The van der Waals surface area contributed by atoms with Crippen molar-refractivity contribution in [2.45, 2.75) is 45.1 Å². The summed E-state index contributed by atoms with van der Waals surface area (Å²) in [5, 5.41) is 10.7. The van der Waals surface area contributed by atoms with Crippen LogP contribution in [0, 0.1) is 11.7 Å². The van der Waals surface area contributed by atoms with Crippen molar-refractivity contribution in [3.8, 4) is 0 Å². The fourth-order valence-electron chi connectivity index (χ4n) is 3.27. The van der Waals surface area contributed by atoms with Crippen molar-refractivity contribution in [2.75, 3.05) is 11.9 Å². The Balaban J connectivity index is 1.37. The van der Waals surface area contributed by atoms with E-state index >= 15 is 0 Å². The summed E-state index contributed by atoms with van der Waals surface area (Å²) in [5.74, 6) is -0.0342. The highest BCUT2D eigenvalue weighted by molar-refractivity contribution is 7.13. The molecule has 1 aliphatic carbocycles. The van der Waals surface area contributed by atoms with E-state index in [1.165, 1.54) is 29.9 Å². The van der Waals surface area contributed by atoms with Gasteiger partial charge in [-0.15, -0.1) is 11.3 Å². The molecule has 0 saturated heterocycles. The summed E-state index contributed by atoms with van der Waals surface area (Å²) >= 11 is 1.33. The molecule has 1 saturated carbocycles. The molecule has 1 aromatic carbocycles. The van der Waals surface area contributed by atoms with Gasteiger partial charge in [-0.1, -0.05) is 31.4 Å². The summed E-state index contributed by atoms with van der Waals surface area (Å²) < 4.78 is 13.1. The molecule has 3 amide bonds. The predicted molar refractivity (Wildman–Crippen MR) is 108 cm³/mol. The minimum absolute atomic E-state index is 0.144. The molecule has 8 heteroatoms. The number of carbonyl (C=O) groups is 2. The average Bonchev–Trinajstić information content (AvgIpc) is 3.14. The molecule has 1 heterocycles. The first-order valence-corrected chi connectivity index (χ1v) is 10.5. The molecule has 0 atom stereocenters. The number of benzene rings is 1. The van der Waals surface area contributed by atoms with Crippen molar-refractivity contribution in [1.82, 2.24) is 15.6 Å². The quantitative estimate of drug-likeness (QED) is 0.656. The first-order valence-electron chi connectivity index (χ1n) is 9.61. The SMILES string of the molecule is O=C(NCc1cccc(F)c1)Nc1nc(CCNC(=O)C2CCCCC2)cs1. The second-order valence-corrected chi connectivity index (χ2v) is 7.82. The maximum absolute atomic E-state index is 13.1. The molecule has 1 aromatic heterocycles. The van der Waals surface area contributed by atoms with Crippen LogP contribution in [-0.4, -0.2) is 23.5 Å². The van der Waals surface area contributed by atoms with Crippen LogP contribution in [0.4, 0.5) is 14.3 Å². The monoisotopic (exact) mass is 404 g/mol. The molecule has 1 aliphatic rings. The molecule has 0 aliphatic heterocycles. The molecule has 28 heavy (non-hydrogen) atoms. The van der Waals surface area contributed by atoms with Gasteiger partial charge in [0.25, 0.3) is 0 Å². The van der Waals surface area contributed by atoms with Gasteiger partial charge in [-0.25, -0.2) is 14.2 Å². The lowest BCUT2D eigenvalue weighted by atomic mass is 9.89. The maximum Gasteiger partial charge on any atom is 0.321 e. The predicted octanol–water partition coefficient (Wildman–Crippen LogP) is 3.84. The first kappa shape index (κ1) is 20.3. The van der Waals surface area contributed by atoms with Crippen molar-refractivity contribution < 1.29 is 14.0 Å². The van der Waals surface area contributed by atoms with E-state index in [1.54, 1.807) is 12.1 Å². The van der Waals surface area contributed by atoms with Crippen molar-refractivity contribution in [2.24, 2.45) is 5.92 Å². The van der Waals surface area contributed by atoms with Gasteiger partial charge in [0, 0.05) is 30.8 Å². The van der Waals surface area contributed by atoms with Crippen LogP contribution in [0.15, 0.2) is 29.6 Å². The second-order valence-electron chi connectivity index (χ2n) is 6.96. The zero-order valence-corrected chi connectivity index (χ0v) is 16.5. The van der Waals surface area contributed by atoms with E-state index in [0.717, 1.165) is 31.4 Å². The molecule has 0 radical (unpaired) electrons. The molecule has 3 rings (SSSR count). The van der Waals surface area contributed by atoms with Crippen LogP contribution in [0.25, 0.3) is 0 Å². The molecule has 150 valence electrons. The van der Waals surface area contributed by atoms with Crippen molar-refractivity contribution in [3.05, 3.63) is 46.7 Å². The van der Waals surface area contributed by atoms with Gasteiger partial charge in [0.15, 0.2) is 5.13 Å². The van der Waals surface area contributed by atoms with Crippen LogP contribution in [-0.2, 0) is 17.8 Å². The van der Waals surface area contributed by atoms with Crippen molar-refractivity contribution >= 4 is 28.4 Å². The Morgan fingerprint density at radius 3 is 2.79 bits per heavy atom. The highest BCUT2D eigenvalue weighted by Gasteiger charge is 2.20. The number of nitrogens with zero attached hydrogens (tertiary/aromatic N) is 1. The second kappa shape index (κ2) is 10.2. The topological polar surface area (TPSA) is 83.1 Å². The molecular weight excluding hydrogens is 379 g/mol. The Labute approximate surface area is 167 Å². The normalized spacial score (nSPS) is 14.5. The number of thiazole rings is 1. The van der Waals surface area contributed by atoms with E-state index in [9.17, 15) is 14.0 Å². The number of carbonyl (C=O) groups excluding carboxylic acids is 2. The Morgan fingerprint density at radius 1 is 1.18 bits per heavy atom. The minimum Gasteiger partial charge on any atom is -0.355 e. The minimum atomic E-state index is -0.393. The number of hydrogen-bond acceptors (Lipinski definition) is 4. The average molecular weight is 405 g/mol. The number of halogens is 1. The van der Waals surface area contributed by atoms with E-state index < -0.39 is 6.03 Å². The Hall–Kier alpha value is -2.48. The van der Waals surface area contributed by atoms with Crippen LogP contribution in [0.2, 0.25) is 0 Å². The van der Waals surface area contributed by atoms with Gasteiger partial charge < -0.3 is 10.6 Å². The fourth-order valence-corrected chi connectivity index (χ4v) is 4.01. The third kappa shape index (κ3) is 6.30.